The average Bonchev–Trinajstić information content (AvgIpc) is 3.12. The molecular formula is C12H17N3O2. The summed E-state index contributed by atoms with van der Waals surface area (Å²) in [5, 5.41) is 5.90. The third kappa shape index (κ3) is 3.27. The first-order chi connectivity index (χ1) is 8.19. The van der Waals surface area contributed by atoms with Gasteiger partial charge in [0.25, 0.3) is 0 Å². The van der Waals surface area contributed by atoms with E-state index in [1.165, 1.54) is 0 Å². The molecule has 0 radical (unpaired) electrons. The maximum Gasteiger partial charge on any atom is 0.239 e. The molecule has 17 heavy (non-hydrogen) atoms. The molecule has 1 aromatic carbocycles. The topological polar surface area (TPSA) is 76.4 Å². The maximum atomic E-state index is 11.5. The van der Waals surface area contributed by atoms with Crippen LogP contribution in [0.5, 0.6) is 5.75 Å². The number of methoxy groups -OCH3 is 1. The molecule has 0 aliphatic heterocycles. The van der Waals surface area contributed by atoms with Crippen LogP contribution in [0.3, 0.4) is 0 Å². The number of hydrogen-bond donors (Lipinski definition) is 3. The van der Waals surface area contributed by atoms with E-state index >= 15 is 0 Å². The number of nitrogen functional groups attached to an aromatic ring is 1. The monoisotopic (exact) mass is 235 g/mol. The molecule has 92 valence electrons. The van der Waals surface area contributed by atoms with Crippen LogP contribution in [-0.4, -0.2) is 25.6 Å². The van der Waals surface area contributed by atoms with Gasteiger partial charge in [-0.05, 0) is 25.0 Å². The van der Waals surface area contributed by atoms with Crippen LogP contribution in [0.1, 0.15) is 12.8 Å². The molecule has 1 aliphatic rings. The zero-order chi connectivity index (χ0) is 12.3. The maximum absolute atomic E-state index is 11.5. The molecular weight excluding hydrogens is 218 g/mol. The summed E-state index contributed by atoms with van der Waals surface area (Å²) >= 11 is 0. The summed E-state index contributed by atoms with van der Waals surface area (Å²) < 4.78 is 5.10. The number of hydrogen-bond acceptors (Lipinski definition) is 4. The molecule has 4 N–H and O–H groups in total. The Hall–Kier alpha value is -1.91. The van der Waals surface area contributed by atoms with Gasteiger partial charge in [0.15, 0.2) is 0 Å². The molecule has 0 spiro atoms. The highest BCUT2D eigenvalue weighted by Crippen LogP contribution is 2.24. The lowest BCUT2D eigenvalue weighted by molar-refractivity contribution is -0.119. The van der Waals surface area contributed by atoms with Crippen LogP contribution in [0.2, 0.25) is 0 Å². The van der Waals surface area contributed by atoms with Crippen molar-refractivity contribution >= 4 is 17.3 Å². The summed E-state index contributed by atoms with van der Waals surface area (Å²) in [6.45, 7) is 0.230. The lowest BCUT2D eigenvalue weighted by Gasteiger charge is -2.10. The molecule has 5 nitrogen and oxygen atoms in total. The Balaban J connectivity index is 1.90. The number of ether oxygens (including phenoxy) is 1. The first kappa shape index (κ1) is 11.6. The largest absolute Gasteiger partial charge is 0.497 e. The molecule has 2 rings (SSSR count). The van der Waals surface area contributed by atoms with Crippen LogP contribution in [0.25, 0.3) is 0 Å². The number of rotatable bonds is 5. The van der Waals surface area contributed by atoms with Gasteiger partial charge in [0, 0.05) is 12.1 Å². The van der Waals surface area contributed by atoms with Crippen molar-refractivity contribution in [2.24, 2.45) is 0 Å². The molecule has 1 aliphatic carbocycles. The van der Waals surface area contributed by atoms with Crippen molar-refractivity contribution < 1.29 is 9.53 Å². The van der Waals surface area contributed by atoms with Crippen molar-refractivity contribution in [2.75, 3.05) is 24.7 Å². The van der Waals surface area contributed by atoms with Gasteiger partial charge in [0.1, 0.15) is 5.75 Å². The number of carbonyl (C=O) groups excluding carboxylic acids is 1. The number of nitrogens with one attached hydrogen (secondary N) is 2. The fourth-order valence-corrected chi connectivity index (χ4v) is 1.50. The van der Waals surface area contributed by atoms with Crippen LogP contribution in [0.15, 0.2) is 18.2 Å². The zero-order valence-electron chi connectivity index (χ0n) is 9.82. The Labute approximate surface area is 100 Å². The smallest absolute Gasteiger partial charge is 0.239 e. The van der Waals surface area contributed by atoms with E-state index in [0.717, 1.165) is 18.5 Å². The van der Waals surface area contributed by atoms with Gasteiger partial charge in [-0.2, -0.15) is 0 Å². The fourth-order valence-electron chi connectivity index (χ4n) is 1.50. The van der Waals surface area contributed by atoms with Crippen LogP contribution in [0, 0.1) is 0 Å². The molecule has 1 saturated carbocycles. The van der Waals surface area contributed by atoms with Crippen molar-refractivity contribution in [3.63, 3.8) is 0 Å². The molecule has 1 fully saturated rings. The summed E-state index contributed by atoms with van der Waals surface area (Å²) in [7, 11) is 1.59. The SMILES string of the molecule is COc1ccc(N)c(NCC(=O)NC2CC2)c1. The number of anilines is 2. The van der Waals surface area contributed by atoms with E-state index in [1.54, 1.807) is 25.3 Å². The van der Waals surface area contributed by atoms with Gasteiger partial charge in [-0.15, -0.1) is 0 Å². The first-order valence-corrected chi connectivity index (χ1v) is 5.66. The standard InChI is InChI=1S/C12H17N3O2/c1-17-9-4-5-10(13)11(6-9)14-7-12(16)15-8-2-3-8/h4-6,8,14H,2-3,7,13H2,1H3,(H,15,16). The normalized spacial score (nSPS) is 14.2. The van der Waals surface area contributed by atoms with E-state index in [9.17, 15) is 4.79 Å². The highest BCUT2D eigenvalue weighted by molar-refractivity contribution is 5.82. The van der Waals surface area contributed by atoms with E-state index in [2.05, 4.69) is 10.6 Å². The minimum Gasteiger partial charge on any atom is -0.497 e. The number of benzene rings is 1. The minimum atomic E-state index is -0.00489. The third-order valence-corrected chi connectivity index (χ3v) is 2.64. The summed E-state index contributed by atoms with van der Waals surface area (Å²) in [6, 6.07) is 5.69. The van der Waals surface area contributed by atoms with Crippen molar-refractivity contribution in [1.29, 1.82) is 0 Å². The van der Waals surface area contributed by atoms with E-state index in [1.807, 2.05) is 0 Å². The van der Waals surface area contributed by atoms with Crippen LogP contribution >= 0.6 is 0 Å². The molecule has 0 heterocycles. The third-order valence-electron chi connectivity index (χ3n) is 2.64. The highest BCUT2D eigenvalue weighted by atomic mass is 16.5. The summed E-state index contributed by atoms with van der Waals surface area (Å²) in [4.78, 5) is 11.5. The predicted octanol–water partition coefficient (Wildman–Crippen LogP) is 0.968. The quantitative estimate of drug-likeness (QED) is 0.665. The molecule has 0 bridgehead atoms. The first-order valence-electron chi connectivity index (χ1n) is 5.66. The Morgan fingerprint density at radius 1 is 1.53 bits per heavy atom. The van der Waals surface area contributed by atoms with Crippen LogP contribution < -0.4 is 21.1 Å². The van der Waals surface area contributed by atoms with Crippen molar-refractivity contribution in [2.45, 2.75) is 18.9 Å². The zero-order valence-corrected chi connectivity index (χ0v) is 9.82. The second-order valence-electron chi connectivity index (χ2n) is 4.15. The molecule has 0 unspecified atom stereocenters. The van der Waals surface area contributed by atoms with Crippen molar-refractivity contribution in [3.8, 4) is 5.75 Å². The molecule has 5 heteroatoms. The average molecular weight is 235 g/mol. The van der Waals surface area contributed by atoms with Gasteiger partial charge in [-0.1, -0.05) is 0 Å². The number of carbonyl (C=O) groups is 1. The van der Waals surface area contributed by atoms with Gasteiger partial charge >= 0.3 is 0 Å². The van der Waals surface area contributed by atoms with Gasteiger partial charge < -0.3 is 21.1 Å². The predicted molar refractivity (Wildman–Crippen MR) is 67.1 cm³/mol. The van der Waals surface area contributed by atoms with E-state index < -0.39 is 0 Å². The van der Waals surface area contributed by atoms with E-state index in [-0.39, 0.29) is 12.5 Å². The van der Waals surface area contributed by atoms with Gasteiger partial charge in [-0.3, -0.25) is 4.79 Å². The summed E-state index contributed by atoms with van der Waals surface area (Å²) in [5.74, 6) is 0.707. The van der Waals surface area contributed by atoms with Crippen molar-refractivity contribution in [3.05, 3.63) is 18.2 Å². The Bertz CT molecular complexity index is 416. The Morgan fingerprint density at radius 3 is 2.94 bits per heavy atom. The van der Waals surface area contributed by atoms with Crippen molar-refractivity contribution in [1.82, 2.24) is 5.32 Å². The Morgan fingerprint density at radius 2 is 2.29 bits per heavy atom. The van der Waals surface area contributed by atoms with Gasteiger partial charge in [-0.25, -0.2) is 0 Å². The van der Waals surface area contributed by atoms with E-state index in [4.69, 9.17) is 10.5 Å². The second kappa shape index (κ2) is 4.95. The second-order valence-corrected chi connectivity index (χ2v) is 4.15. The lowest BCUT2D eigenvalue weighted by atomic mass is 10.2. The summed E-state index contributed by atoms with van der Waals surface area (Å²) in [6.07, 6.45) is 2.18. The highest BCUT2D eigenvalue weighted by Gasteiger charge is 2.22. The molecule has 0 atom stereocenters. The van der Waals surface area contributed by atoms with Gasteiger partial charge in [0.05, 0.1) is 25.0 Å². The molecule has 1 amide bonds. The lowest BCUT2D eigenvalue weighted by Crippen LogP contribution is -2.31. The molecule has 1 aromatic rings. The fraction of sp³-hybridized carbons (Fsp3) is 0.417. The number of amides is 1. The van der Waals surface area contributed by atoms with Gasteiger partial charge in [0.2, 0.25) is 5.91 Å². The minimum absolute atomic E-state index is 0.00489. The summed E-state index contributed by atoms with van der Waals surface area (Å²) in [5.41, 5.74) is 7.11. The number of nitrogens with two attached hydrogens (primary N) is 1. The molecule has 0 saturated heterocycles. The van der Waals surface area contributed by atoms with Crippen LogP contribution in [-0.2, 0) is 4.79 Å². The Kier molecular flexibility index (Phi) is 3.37. The molecule has 0 aromatic heterocycles. The van der Waals surface area contributed by atoms with E-state index in [0.29, 0.717) is 17.5 Å². The van der Waals surface area contributed by atoms with Crippen LogP contribution in [0.4, 0.5) is 11.4 Å².